The molecule has 4 atom stereocenters. The Kier molecular flexibility index (Phi) is 10.9. The van der Waals surface area contributed by atoms with E-state index in [9.17, 15) is 14.7 Å². The third-order valence-corrected chi connectivity index (χ3v) is 7.15. The average Bonchev–Trinajstić information content (AvgIpc) is 3.60. The van der Waals surface area contributed by atoms with Gasteiger partial charge in [0.15, 0.2) is 0 Å². The molecule has 214 valence electrons. The van der Waals surface area contributed by atoms with Crippen LogP contribution in [0, 0.1) is 5.92 Å². The van der Waals surface area contributed by atoms with E-state index in [0.29, 0.717) is 44.2 Å². The monoisotopic (exact) mass is 549 g/mol. The number of furan rings is 1. The van der Waals surface area contributed by atoms with E-state index in [1.807, 2.05) is 60.7 Å². The number of carbonyl (C=O) groups is 2. The molecule has 0 spiro atoms. The fraction of sp³-hybridized carbons (Fsp3) is 0.438. The maximum absolute atomic E-state index is 13.2. The molecule has 0 radical (unpaired) electrons. The number of aliphatic hydroxyl groups is 1. The molecule has 0 saturated carbocycles. The van der Waals surface area contributed by atoms with Crippen molar-refractivity contribution in [3.63, 3.8) is 0 Å². The molecule has 3 aromatic rings. The van der Waals surface area contributed by atoms with Crippen LogP contribution in [0.3, 0.4) is 0 Å². The Balaban J connectivity index is 1.21. The van der Waals surface area contributed by atoms with E-state index in [1.165, 1.54) is 0 Å². The van der Waals surface area contributed by atoms with E-state index < -0.39 is 30.1 Å². The summed E-state index contributed by atoms with van der Waals surface area (Å²) in [4.78, 5) is 26.7. The number of amides is 2. The van der Waals surface area contributed by atoms with Crippen molar-refractivity contribution in [1.29, 1.82) is 0 Å². The first-order valence-corrected chi connectivity index (χ1v) is 14.0. The lowest BCUT2D eigenvalue weighted by molar-refractivity contribution is -0.137. The predicted molar refractivity (Wildman–Crippen MR) is 149 cm³/mol. The topological polar surface area (TPSA) is 98.4 Å². The first kappa shape index (κ1) is 29.5. The van der Waals surface area contributed by atoms with Crippen LogP contribution in [0.25, 0.3) is 0 Å². The molecule has 1 aromatic heterocycles. The number of rotatable bonds is 15. The van der Waals surface area contributed by atoms with Gasteiger partial charge in [-0.1, -0.05) is 74.5 Å². The van der Waals surface area contributed by atoms with Gasteiger partial charge in [0, 0.05) is 13.0 Å². The van der Waals surface area contributed by atoms with Gasteiger partial charge >= 0.3 is 6.09 Å². The summed E-state index contributed by atoms with van der Waals surface area (Å²) in [6.45, 7) is 5.45. The molecule has 8 nitrogen and oxygen atoms in total. The molecule has 2 amide bonds. The van der Waals surface area contributed by atoms with Crippen LogP contribution in [0.2, 0.25) is 0 Å². The van der Waals surface area contributed by atoms with Crippen molar-refractivity contribution < 1.29 is 33.3 Å². The van der Waals surface area contributed by atoms with E-state index in [-0.39, 0.29) is 12.7 Å². The van der Waals surface area contributed by atoms with Crippen molar-refractivity contribution in [3.8, 4) is 0 Å². The third kappa shape index (κ3) is 8.03. The number of nitrogens with zero attached hydrogens (tertiary/aromatic N) is 1. The predicted octanol–water partition coefficient (Wildman–Crippen LogP) is 5.48. The summed E-state index contributed by atoms with van der Waals surface area (Å²) >= 11 is 0. The normalized spacial score (nSPS) is 17.4. The zero-order valence-corrected chi connectivity index (χ0v) is 23.2. The van der Waals surface area contributed by atoms with Crippen LogP contribution in [0.4, 0.5) is 4.79 Å². The molecule has 1 saturated heterocycles. The Morgan fingerprint density at radius 3 is 2.45 bits per heavy atom. The highest BCUT2D eigenvalue weighted by Gasteiger charge is 2.42. The van der Waals surface area contributed by atoms with Crippen LogP contribution in [0.1, 0.15) is 55.4 Å². The van der Waals surface area contributed by atoms with Crippen LogP contribution in [-0.2, 0) is 38.5 Å². The van der Waals surface area contributed by atoms with Crippen LogP contribution in [0.5, 0.6) is 0 Å². The second-order valence-corrected chi connectivity index (χ2v) is 10.2. The number of cyclic esters (lactones) is 1. The minimum absolute atomic E-state index is 0.0322. The number of carbonyl (C=O) groups excluding carboxylic acids is 2. The van der Waals surface area contributed by atoms with E-state index in [1.54, 1.807) is 19.1 Å². The Morgan fingerprint density at radius 1 is 1.05 bits per heavy atom. The van der Waals surface area contributed by atoms with E-state index in [0.717, 1.165) is 28.9 Å². The molecule has 1 aliphatic heterocycles. The average molecular weight is 550 g/mol. The van der Waals surface area contributed by atoms with Crippen molar-refractivity contribution in [1.82, 2.24) is 4.90 Å². The number of hydrogen-bond acceptors (Lipinski definition) is 7. The Labute approximate surface area is 235 Å². The summed E-state index contributed by atoms with van der Waals surface area (Å²) in [5.41, 5.74) is 2.14. The minimum atomic E-state index is -1.18. The van der Waals surface area contributed by atoms with E-state index >= 15 is 0 Å². The molecule has 8 heteroatoms. The summed E-state index contributed by atoms with van der Waals surface area (Å²) in [6.07, 6.45) is 0.903. The van der Waals surface area contributed by atoms with Crippen molar-refractivity contribution in [3.05, 3.63) is 95.4 Å². The number of benzene rings is 2. The van der Waals surface area contributed by atoms with Gasteiger partial charge in [-0.15, -0.1) is 0 Å². The Morgan fingerprint density at radius 2 is 1.75 bits per heavy atom. The Bertz CT molecular complexity index is 1200. The molecular formula is C32H39NO7. The highest BCUT2D eigenvalue weighted by Crippen LogP contribution is 2.29. The van der Waals surface area contributed by atoms with Crippen LogP contribution in [-0.4, -0.2) is 54.0 Å². The second kappa shape index (κ2) is 14.8. The van der Waals surface area contributed by atoms with Gasteiger partial charge in [-0.2, -0.15) is 0 Å². The highest BCUT2D eigenvalue weighted by molar-refractivity contribution is 5.95. The molecule has 1 aliphatic rings. The number of ether oxygens (including phenoxy) is 3. The molecule has 0 unspecified atom stereocenters. The number of hydrogen-bond donors (Lipinski definition) is 1. The first-order valence-electron chi connectivity index (χ1n) is 14.0. The van der Waals surface area contributed by atoms with Crippen LogP contribution >= 0.6 is 0 Å². The quantitative estimate of drug-likeness (QED) is 0.251. The zero-order chi connectivity index (χ0) is 28.3. The molecule has 40 heavy (non-hydrogen) atoms. The van der Waals surface area contributed by atoms with Gasteiger partial charge in [-0.3, -0.25) is 4.79 Å². The lowest BCUT2D eigenvalue weighted by Gasteiger charge is -2.25. The molecule has 0 aliphatic carbocycles. The number of imide groups is 1. The smallest absolute Gasteiger partial charge is 0.416 e. The zero-order valence-electron chi connectivity index (χ0n) is 23.2. The van der Waals surface area contributed by atoms with Gasteiger partial charge in [-0.25, -0.2) is 9.69 Å². The van der Waals surface area contributed by atoms with E-state index in [4.69, 9.17) is 18.6 Å². The summed E-state index contributed by atoms with van der Waals surface area (Å²) < 4.78 is 22.8. The Hall–Kier alpha value is -3.46. The van der Waals surface area contributed by atoms with Gasteiger partial charge in [0.2, 0.25) is 5.91 Å². The van der Waals surface area contributed by atoms with Gasteiger partial charge in [0.05, 0.1) is 31.3 Å². The van der Waals surface area contributed by atoms with Crippen molar-refractivity contribution in [2.24, 2.45) is 5.92 Å². The van der Waals surface area contributed by atoms with E-state index in [2.05, 4.69) is 6.92 Å². The molecular weight excluding hydrogens is 510 g/mol. The minimum Gasteiger partial charge on any atom is -0.463 e. The van der Waals surface area contributed by atoms with Crippen molar-refractivity contribution in [2.75, 3.05) is 19.8 Å². The molecule has 2 aromatic carbocycles. The lowest BCUT2D eigenvalue weighted by Crippen LogP contribution is -2.44. The fourth-order valence-electron chi connectivity index (χ4n) is 4.69. The highest BCUT2D eigenvalue weighted by atomic mass is 16.6. The number of aliphatic hydroxyl groups excluding tert-OH is 1. The van der Waals surface area contributed by atoms with Gasteiger partial charge < -0.3 is 23.7 Å². The van der Waals surface area contributed by atoms with Crippen LogP contribution in [0.15, 0.2) is 77.2 Å². The summed E-state index contributed by atoms with van der Waals surface area (Å²) in [7, 11) is 0. The number of aryl methyl sites for hydroxylation is 1. The standard InChI is InChI=1S/C32H39NO7/c1-3-27(38-20-25-13-8-5-9-14-25)22-37-18-10-15-28-16-17-29(40-28)30(34)23(2)31(35)33-26(21-39-32(33)36)19-24-11-6-4-7-12-24/h4-9,11-14,16-17,23,26-27,30,34H,3,10,15,18-22H2,1-2H3/t23-,26-,27+,30-/m0/s1. The summed E-state index contributed by atoms with van der Waals surface area (Å²) in [5, 5.41) is 10.9. The van der Waals surface area contributed by atoms with Gasteiger partial charge in [0.25, 0.3) is 0 Å². The largest absolute Gasteiger partial charge is 0.463 e. The maximum atomic E-state index is 13.2. The first-order chi connectivity index (χ1) is 19.5. The molecule has 0 bridgehead atoms. The van der Waals surface area contributed by atoms with Gasteiger partial charge in [0.1, 0.15) is 24.2 Å². The third-order valence-electron chi connectivity index (χ3n) is 7.15. The fourth-order valence-corrected chi connectivity index (χ4v) is 4.69. The summed E-state index contributed by atoms with van der Waals surface area (Å²) in [6, 6.07) is 22.8. The second-order valence-electron chi connectivity index (χ2n) is 10.2. The SMILES string of the molecule is CC[C@H](COCCCc1ccc([C@@H](O)[C@H](C)C(=O)N2C(=O)OC[C@@H]2Cc2ccccc2)o1)OCc1ccccc1. The van der Waals surface area contributed by atoms with Crippen LogP contribution < -0.4 is 0 Å². The molecule has 4 rings (SSSR count). The lowest BCUT2D eigenvalue weighted by atomic mass is 9.99. The maximum Gasteiger partial charge on any atom is 0.416 e. The molecule has 2 heterocycles. The van der Waals surface area contributed by atoms with Gasteiger partial charge in [-0.05, 0) is 42.5 Å². The molecule has 1 N–H and O–H groups in total. The van der Waals surface area contributed by atoms with Crippen molar-refractivity contribution >= 4 is 12.0 Å². The summed E-state index contributed by atoms with van der Waals surface area (Å²) in [5.74, 6) is -0.369. The van der Waals surface area contributed by atoms with Crippen molar-refractivity contribution in [2.45, 2.75) is 64.4 Å². The molecule has 1 fully saturated rings.